The minimum absolute atomic E-state index is 0.293. The third-order valence-corrected chi connectivity index (χ3v) is 6.41. The van der Waals surface area contributed by atoms with E-state index in [4.69, 9.17) is 14.5 Å². The van der Waals surface area contributed by atoms with E-state index in [1.807, 2.05) is 17.7 Å². The number of aromatic nitrogens is 4. The summed E-state index contributed by atoms with van der Waals surface area (Å²) in [5.41, 5.74) is 3.38. The molecule has 4 heterocycles. The molecule has 8 heteroatoms. The molecule has 2 aliphatic rings. The zero-order chi connectivity index (χ0) is 23.2. The van der Waals surface area contributed by atoms with Crippen LogP contribution in [0.4, 0.5) is 0 Å². The lowest BCUT2D eigenvalue weighted by molar-refractivity contribution is 0.0687. The van der Waals surface area contributed by atoms with Crippen LogP contribution in [0.25, 0.3) is 5.95 Å². The quantitative estimate of drug-likeness (QED) is 0.480. The highest BCUT2D eigenvalue weighted by atomic mass is 16.7. The molecule has 0 amide bonds. The Morgan fingerprint density at radius 1 is 1.12 bits per heavy atom. The number of ether oxygens (including phenoxy) is 2. The average molecular weight is 461 g/mol. The number of hydrogen-bond acceptors (Lipinski definition) is 7. The number of imidazole rings is 1. The van der Waals surface area contributed by atoms with Crippen LogP contribution >= 0.6 is 0 Å². The SMILES string of the molecule is Cc1cc(C2CCCCN2CCN(CC2=COCO2)Cc2ccccc2)nc(-n2ccnc2)n1. The molecule has 0 bridgehead atoms. The number of likely N-dealkylation sites (tertiary alicyclic amines) is 1. The maximum absolute atomic E-state index is 5.62. The summed E-state index contributed by atoms with van der Waals surface area (Å²) in [7, 11) is 0. The Labute approximate surface area is 200 Å². The lowest BCUT2D eigenvalue weighted by atomic mass is 9.98. The molecule has 1 fully saturated rings. The van der Waals surface area contributed by atoms with Crippen molar-refractivity contribution < 1.29 is 9.47 Å². The molecule has 0 N–H and O–H groups in total. The lowest BCUT2D eigenvalue weighted by Crippen LogP contribution is -2.40. The van der Waals surface area contributed by atoms with Crippen molar-refractivity contribution in [1.82, 2.24) is 29.3 Å². The van der Waals surface area contributed by atoms with Crippen LogP contribution in [0, 0.1) is 6.92 Å². The van der Waals surface area contributed by atoms with Crippen molar-refractivity contribution >= 4 is 0 Å². The Balaban J connectivity index is 1.31. The first-order valence-corrected chi connectivity index (χ1v) is 12.0. The predicted molar refractivity (Wildman–Crippen MR) is 129 cm³/mol. The molecule has 0 aliphatic carbocycles. The molecule has 34 heavy (non-hydrogen) atoms. The van der Waals surface area contributed by atoms with Gasteiger partial charge in [-0.05, 0) is 37.9 Å². The van der Waals surface area contributed by atoms with E-state index in [2.05, 4.69) is 56.2 Å². The minimum Gasteiger partial charge on any atom is -0.462 e. The molecule has 0 spiro atoms. The van der Waals surface area contributed by atoms with Crippen LogP contribution in [0.1, 0.15) is 42.3 Å². The maximum atomic E-state index is 5.62. The second kappa shape index (κ2) is 10.8. The molecule has 1 atom stereocenters. The molecule has 5 rings (SSSR count). The van der Waals surface area contributed by atoms with E-state index >= 15 is 0 Å². The molecule has 1 unspecified atom stereocenters. The van der Waals surface area contributed by atoms with Gasteiger partial charge in [-0.25, -0.2) is 15.0 Å². The van der Waals surface area contributed by atoms with Gasteiger partial charge < -0.3 is 9.47 Å². The van der Waals surface area contributed by atoms with Gasteiger partial charge in [0, 0.05) is 37.7 Å². The summed E-state index contributed by atoms with van der Waals surface area (Å²) >= 11 is 0. The maximum Gasteiger partial charge on any atom is 0.235 e. The fraction of sp³-hybridized carbons (Fsp3) is 0.423. The van der Waals surface area contributed by atoms with E-state index in [-0.39, 0.29) is 0 Å². The number of hydrogen-bond donors (Lipinski definition) is 0. The number of aryl methyl sites for hydroxylation is 1. The first kappa shape index (κ1) is 22.6. The topological polar surface area (TPSA) is 68.5 Å². The van der Waals surface area contributed by atoms with E-state index in [9.17, 15) is 0 Å². The summed E-state index contributed by atoms with van der Waals surface area (Å²) in [5.74, 6) is 1.58. The predicted octanol–water partition coefficient (Wildman–Crippen LogP) is 3.85. The van der Waals surface area contributed by atoms with E-state index in [0.717, 1.165) is 56.3 Å². The summed E-state index contributed by atoms with van der Waals surface area (Å²) in [6.45, 7) is 6.95. The molecule has 0 radical (unpaired) electrons. The van der Waals surface area contributed by atoms with Gasteiger partial charge in [0.1, 0.15) is 18.3 Å². The van der Waals surface area contributed by atoms with E-state index in [1.165, 1.54) is 18.4 Å². The Morgan fingerprint density at radius 3 is 2.82 bits per heavy atom. The van der Waals surface area contributed by atoms with Crippen molar-refractivity contribution in [3.63, 3.8) is 0 Å². The zero-order valence-electron chi connectivity index (χ0n) is 19.7. The summed E-state index contributed by atoms with van der Waals surface area (Å²) in [6, 6.07) is 13.0. The Kier molecular flexibility index (Phi) is 7.16. The second-order valence-electron chi connectivity index (χ2n) is 8.96. The van der Waals surface area contributed by atoms with Crippen molar-refractivity contribution in [3.8, 4) is 5.95 Å². The monoisotopic (exact) mass is 460 g/mol. The molecule has 1 saturated heterocycles. The van der Waals surface area contributed by atoms with Gasteiger partial charge in [0.2, 0.25) is 12.7 Å². The van der Waals surface area contributed by atoms with E-state index < -0.39 is 0 Å². The average Bonchev–Trinajstić information content (AvgIpc) is 3.58. The van der Waals surface area contributed by atoms with Crippen LogP contribution in [-0.2, 0) is 16.0 Å². The molecule has 1 aromatic carbocycles. The smallest absolute Gasteiger partial charge is 0.235 e. The van der Waals surface area contributed by atoms with Gasteiger partial charge in [-0.1, -0.05) is 36.8 Å². The van der Waals surface area contributed by atoms with Crippen molar-refractivity contribution in [3.05, 3.63) is 84.1 Å². The highest BCUT2D eigenvalue weighted by Gasteiger charge is 2.26. The van der Waals surface area contributed by atoms with E-state index in [1.54, 1.807) is 18.8 Å². The Hall–Kier alpha value is -3.23. The minimum atomic E-state index is 0.293. The fourth-order valence-electron chi connectivity index (χ4n) is 4.73. The highest BCUT2D eigenvalue weighted by molar-refractivity contribution is 5.22. The van der Waals surface area contributed by atoms with Gasteiger partial charge in [0.05, 0.1) is 18.3 Å². The fourth-order valence-corrected chi connectivity index (χ4v) is 4.73. The van der Waals surface area contributed by atoms with Crippen LogP contribution in [0.2, 0.25) is 0 Å². The van der Waals surface area contributed by atoms with Gasteiger partial charge in [-0.2, -0.15) is 0 Å². The lowest BCUT2D eigenvalue weighted by Gasteiger charge is -2.37. The van der Waals surface area contributed by atoms with Gasteiger partial charge in [-0.3, -0.25) is 14.4 Å². The van der Waals surface area contributed by atoms with Crippen molar-refractivity contribution in [2.45, 2.75) is 38.8 Å². The first-order chi connectivity index (χ1) is 16.7. The van der Waals surface area contributed by atoms with Crippen molar-refractivity contribution in [2.24, 2.45) is 0 Å². The number of nitrogens with zero attached hydrogens (tertiary/aromatic N) is 6. The molecule has 3 aromatic rings. The molecule has 2 aliphatic heterocycles. The Morgan fingerprint density at radius 2 is 2.03 bits per heavy atom. The van der Waals surface area contributed by atoms with Gasteiger partial charge in [0.25, 0.3) is 0 Å². The number of rotatable bonds is 9. The van der Waals surface area contributed by atoms with Crippen LogP contribution in [0.15, 0.2) is 67.1 Å². The summed E-state index contributed by atoms with van der Waals surface area (Å²) in [4.78, 5) is 18.7. The third-order valence-electron chi connectivity index (χ3n) is 6.41. The van der Waals surface area contributed by atoms with Crippen LogP contribution in [-0.4, -0.2) is 62.3 Å². The number of piperidine rings is 1. The molecular weight excluding hydrogens is 428 g/mol. The number of benzene rings is 1. The standard InChI is InChI=1S/C26H32N6O2/c1-21-15-24(29-26(28-21)32-12-10-27-19-32)25-9-5-6-11-31(25)14-13-30(17-23-18-33-20-34-23)16-22-7-3-2-4-8-22/h2-4,7-8,10,12,15,18-19,25H,5-6,9,11,13-14,16-17,20H2,1H3. The summed E-state index contributed by atoms with van der Waals surface area (Å²) in [6.07, 6.45) is 10.7. The van der Waals surface area contributed by atoms with Gasteiger partial charge >= 0.3 is 0 Å². The van der Waals surface area contributed by atoms with Gasteiger partial charge in [0.15, 0.2) is 0 Å². The molecule has 0 saturated carbocycles. The zero-order valence-corrected chi connectivity index (χ0v) is 19.7. The second-order valence-corrected chi connectivity index (χ2v) is 8.96. The highest BCUT2D eigenvalue weighted by Crippen LogP contribution is 2.30. The Bertz CT molecular complexity index is 1090. The first-order valence-electron chi connectivity index (χ1n) is 12.0. The van der Waals surface area contributed by atoms with Crippen LogP contribution < -0.4 is 0 Å². The molecule has 2 aromatic heterocycles. The van der Waals surface area contributed by atoms with Crippen molar-refractivity contribution in [1.29, 1.82) is 0 Å². The molecule has 178 valence electrons. The van der Waals surface area contributed by atoms with Gasteiger partial charge in [-0.15, -0.1) is 0 Å². The molecular formula is C26H32N6O2. The van der Waals surface area contributed by atoms with E-state index in [0.29, 0.717) is 18.8 Å². The van der Waals surface area contributed by atoms with Crippen molar-refractivity contribution in [2.75, 3.05) is 33.0 Å². The third kappa shape index (κ3) is 5.63. The summed E-state index contributed by atoms with van der Waals surface area (Å²) in [5, 5.41) is 0. The molecule has 8 nitrogen and oxygen atoms in total. The summed E-state index contributed by atoms with van der Waals surface area (Å²) < 4.78 is 12.8. The largest absolute Gasteiger partial charge is 0.462 e. The van der Waals surface area contributed by atoms with Crippen LogP contribution in [0.5, 0.6) is 0 Å². The normalized spacial score (nSPS) is 18.5. The van der Waals surface area contributed by atoms with Crippen LogP contribution in [0.3, 0.4) is 0 Å².